The number of methoxy groups -OCH3 is 1. The number of ether oxygens (including phenoxy) is 1. The summed E-state index contributed by atoms with van der Waals surface area (Å²) in [6.45, 7) is 6.27. The molecule has 1 aromatic carbocycles. The van der Waals surface area contributed by atoms with Gasteiger partial charge in [-0.15, -0.1) is 0 Å². The van der Waals surface area contributed by atoms with Crippen LogP contribution in [0.5, 0.6) is 11.5 Å². The molecule has 0 bridgehead atoms. The summed E-state index contributed by atoms with van der Waals surface area (Å²) in [4.78, 5) is 11.1. The van der Waals surface area contributed by atoms with Crippen molar-refractivity contribution in [3.05, 3.63) is 23.3 Å². The Morgan fingerprint density at radius 1 is 1.38 bits per heavy atom. The molecule has 1 unspecified atom stereocenters. The highest BCUT2D eigenvalue weighted by atomic mass is 16.5. The van der Waals surface area contributed by atoms with Crippen LogP contribution in [0.3, 0.4) is 0 Å². The number of aromatic hydroxyl groups is 1. The van der Waals surface area contributed by atoms with Crippen molar-refractivity contribution in [2.45, 2.75) is 51.4 Å². The molecule has 4 nitrogen and oxygen atoms in total. The lowest BCUT2D eigenvalue weighted by Gasteiger charge is -2.24. The van der Waals surface area contributed by atoms with Crippen molar-refractivity contribution >= 4 is 5.97 Å². The van der Waals surface area contributed by atoms with Gasteiger partial charge in [0.2, 0.25) is 0 Å². The molecular formula is C17H24O4. The first-order valence-corrected chi connectivity index (χ1v) is 7.37. The topological polar surface area (TPSA) is 66.8 Å². The number of phenolic OH excluding ortho intramolecular Hbond substituents is 1. The summed E-state index contributed by atoms with van der Waals surface area (Å²) < 4.78 is 5.28. The Morgan fingerprint density at radius 3 is 2.43 bits per heavy atom. The first-order chi connectivity index (χ1) is 9.74. The number of carboxylic acids is 1. The molecule has 0 amide bonds. The first kappa shape index (κ1) is 15.7. The molecule has 116 valence electrons. The van der Waals surface area contributed by atoms with Crippen molar-refractivity contribution in [1.29, 1.82) is 0 Å². The second kappa shape index (κ2) is 5.58. The molecule has 1 fully saturated rings. The lowest BCUT2D eigenvalue weighted by Crippen LogP contribution is -2.14. The molecule has 1 aromatic rings. The third kappa shape index (κ3) is 3.49. The van der Waals surface area contributed by atoms with Gasteiger partial charge in [0.15, 0.2) is 11.5 Å². The van der Waals surface area contributed by atoms with E-state index in [0.717, 1.165) is 18.4 Å². The molecule has 21 heavy (non-hydrogen) atoms. The van der Waals surface area contributed by atoms with Gasteiger partial charge in [-0.1, -0.05) is 26.8 Å². The van der Waals surface area contributed by atoms with E-state index in [-0.39, 0.29) is 23.5 Å². The van der Waals surface area contributed by atoms with Gasteiger partial charge in [-0.3, -0.25) is 4.79 Å². The zero-order valence-electron chi connectivity index (χ0n) is 13.1. The molecule has 0 aliphatic heterocycles. The molecular weight excluding hydrogens is 268 g/mol. The summed E-state index contributed by atoms with van der Waals surface area (Å²) >= 11 is 0. The van der Waals surface area contributed by atoms with Gasteiger partial charge in [0.25, 0.3) is 0 Å². The molecule has 2 rings (SSSR count). The zero-order chi connectivity index (χ0) is 15.8. The van der Waals surface area contributed by atoms with Crippen LogP contribution >= 0.6 is 0 Å². The number of hydrogen-bond donors (Lipinski definition) is 2. The van der Waals surface area contributed by atoms with E-state index in [1.807, 2.05) is 12.1 Å². The predicted molar refractivity (Wildman–Crippen MR) is 81.1 cm³/mol. The van der Waals surface area contributed by atoms with Gasteiger partial charge in [-0.2, -0.15) is 0 Å². The van der Waals surface area contributed by atoms with E-state index in [1.165, 1.54) is 7.11 Å². The van der Waals surface area contributed by atoms with E-state index in [2.05, 4.69) is 20.8 Å². The molecule has 1 aliphatic carbocycles. The molecule has 0 radical (unpaired) electrons. The Kier molecular flexibility index (Phi) is 4.17. The standard InChI is InChI=1S/C17H24O4/c1-17(2,3)11-7-13(16(20)14(8-11)21-4)12(9-15(18)19)10-5-6-10/h7-8,10,12,20H,5-6,9H2,1-4H3,(H,18,19). The van der Waals surface area contributed by atoms with E-state index < -0.39 is 5.97 Å². The fourth-order valence-corrected chi connectivity index (χ4v) is 2.72. The Bertz CT molecular complexity index is 538. The SMILES string of the molecule is COc1cc(C(C)(C)C)cc(C(CC(=O)O)C2CC2)c1O. The summed E-state index contributed by atoms with van der Waals surface area (Å²) in [5, 5.41) is 19.6. The number of rotatable bonds is 5. The van der Waals surface area contributed by atoms with Crippen LogP contribution in [0.2, 0.25) is 0 Å². The van der Waals surface area contributed by atoms with E-state index in [1.54, 1.807) is 0 Å². The summed E-state index contributed by atoms with van der Waals surface area (Å²) in [5.74, 6) is -0.103. The maximum atomic E-state index is 11.1. The van der Waals surface area contributed by atoms with Gasteiger partial charge in [0, 0.05) is 11.5 Å². The highest BCUT2D eigenvalue weighted by Gasteiger charge is 2.36. The van der Waals surface area contributed by atoms with E-state index >= 15 is 0 Å². The summed E-state index contributed by atoms with van der Waals surface area (Å²) in [6.07, 6.45) is 2.11. The minimum Gasteiger partial charge on any atom is -0.504 e. The number of carbonyl (C=O) groups is 1. The zero-order valence-corrected chi connectivity index (χ0v) is 13.1. The van der Waals surface area contributed by atoms with Gasteiger partial charge in [0.05, 0.1) is 13.5 Å². The Balaban J connectivity index is 2.51. The monoisotopic (exact) mass is 292 g/mol. The smallest absolute Gasteiger partial charge is 0.303 e. The van der Waals surface area contributed by atoms with Crippen molar-refractivity contribution in [2.75, 3.05) is 7.11 Å². The maximum Gasteiger partial charge on any atom is 0.303 e. The Labute approximate surface area is 125 Å². The van der Waals surface area contributed by atoms with E-state index in [0.29, 0.717) is 17.2 Å². The number of hydrogen-bond acceptors (Lipinski definition) is 3. The Hall–Kier alpha value is -1.71. The lowest BCUT2D eigenvalue weighted by molar-refractivity contribution is -0.137. The summed E-state index contributed by atoms with van der Waals surface area (Å²) in [6, 6.07) is 3.79. The van der Waals surface area contributed by atoms with Crippen LogP contribution in [-0.4, -0.2) is 23.3 Å². The van der Waals surface area contributed by atoms with Crippen LogP contribution in [0.1, 0.15) is 57.1 Å². The van der Waals surface area contributed by atoms with E-state index in [4.69, 9.17) is 9.84 Å². The minimum absolute atomic E-state index is 0.0506. The molecule has 4 heteroatoms. The predicted octanol–water partition coefficient (Wildman–Crippen LogP) is 3.67. The fourth-order valence-electron chi connectivity index (χ4n) is 2.72. The van der Waals surface area contributed by atoms with Crippen molar-refractivity contribution in [3.63, 3.8) is 0 Å². The van der Waals surface area contributed by atoms with Gasteiger partial charge in [0.1, 0.15) is 0 Å². The van der Waals surface area contributed by atoms with Crippen molar-refractivity contribution in [3.8, 4) is 11.5 Å². The van der Waals surface area contributed by atoms with Gasteiger partial charge in [-0.05, 0) is 35.8 Å². The van der Waals surface area contributed by atoms with Crippen LogP contribution in [-0.2, 0) is 10.2 Å². The van der Waals surface area contributed by atoms with Crippen LogP contribution in [0.25, 0.3) is 0 Å². The molecule has 0 saturated heterocycles. The van der Waals surface area contributed by atoms with Crippen molar-refractivity contribution in [1.82, 2.24) is 0 Å². The third-order valence-corrected chi connectivity index (χ3v) is 4.18. The number of phenols is 1. The normalized spacial score (nSPS) is 16.6. The highest BCUT2D eigenvalue weighted by molar-refractivity contribution is 5.69. The third-order valence-electron chi connectivity index (χ3n) is 4.18. The average Bonchev–Trinajstić information content (AvgIpc) is 3.19. The first-order valence-electron chi connectivity index (χ1n) is 7.37. The van der Waals surface area contributed by atoms with Crippen LogP contribution in [0, 0.1) is 5.92 Å². The number of benzene rings is 1. The largest absolute Gasteiger partial charge is 0.504 e. The van der Waals surface area contributed by atoms with Gasteiger partial charge < -0.3 is 14.9 Å². The van der Waals surface area contributed by atoms with Gasteiger partial charge in [-0.25, -0.2) is 0 Å². The van der Waals surface area contributed by atoms with E-state index in [9.17, 15) is 9.90 Å². The van der Waals surface area contributed by atoms with Gasteiger partial charge >= 0.3 is 5.97 Å². The van der Waals surface area contributed by atoms with Crippen LogP contribution in [0.15, 0.2) is 12.1 Å². The summed E-state index contributed by atoms with van der Waals surface area (Å²) in [7, 11) is 1.52. The van der Waals surface area contributed by atoms with Crippen LogP contribution in [0.4, 0.5) is 0 Å². The molecule has 2 N–H and O–H groups in total. The molecule has 0 spiro atoms. The average molecular weight is 292 g/mol. The number of carboxylic acid groups (broad SMARTS) is 1. The maximum absolute atomic E-state index is 11.1. The van der Waals surface area contributed by atoms with Crippen molar-refractivity contribution in [2.24, 2.45) is 5.92 Å². The highest BCUT2D eigenvalue weighted by Crippen LogP contribution is 2.49. The summed E-state index contributed by atoms with van der Waals surface area (Å²) in [5.41, 5.74) is 1.67. The molecule has 1 aliphatic rings. The second-order valence-electron chi connectivity index (χ2n) is 6.91. The molecule has 0 heterocycles. The fraction of sp³-hybridized carbons (Fsp3) is 0.588. The second-order valence-corrected chi connectivity index (χ2v) is 6.91. The minimum atomic E-state index is -0.827. The Morgan fingerprint density at radius 2 is 2.00 bits per heavy atom. The quantitative estimate of drug-likeness (QED) is 0.869. The van der Waals surface area contributed by atoms with Crippen molar-refractivity contribution < 1.29 is 19.7 Å². The molecule has 1 atom stereocenters. The molecule has 1 saturated carbocycles. The number of aliphatic carboxylic acids is 1. The lowest BCUT2D eigenvalue weighted by atomic mass is 9.82. The molecule has 0 aromatic heterocycles. The van der Waals surface area contributed by atoms with Crippen LogP contribution < -0.4 is 4.74 Å².